The lowest BCUT2D eigenvalue weighted by molar-refractivity contribution is -0.224. The van der Waals surface area contributed by atoms with Crippen LogP contribution in [0.25, 0.3) is 0 Å². The third-order valence-corrected chi connectivity index (χ3v) is 3.41. The second-order valence-corrected chi connectivity index (χ2v) is 4.05. The first-order valence-electron chi connectivity index (χ1n) is 4.91. The topological polar surface area (TPSA) is 29.5 Å². The summed E-state index contributed by atoms with van der Waals surface area (Å²) in [7, 11) is 0. The molecule has 1 fully saturated rings. The predicted molar refractivity (Wildman–Crippen MR) is 48.7 cm³/mol. The van der Waals surface area contributed by atoms with Crippen molar-refractivity contribution in [2.24, 2.45) is 17.8 Å². The molecule has 0 saturated carbocycles. The summed E-state index contributed by atoms with van der Waals surface area (Å²) >= 11 is 0. The molecule has 2 heteroatoms. The van der Waals surface area contributed by atoms with Crippen LogP contribution in [0.1, 0.15) is 34.1 Å². The van der Waals surface area contributed by atoms with Gasteiger partial charge in [0.2, 0.25) is 0 Å². The fraction of sp³-hybridized carbons (Fsp3) is 1.00. The number of ether oxygens (including phenoxy) is 1. The highest BCUT2D eigenvalue weighted by Gasteiger charge is 2.36. The number of aliphatic hydroxyl groups excluding tert-OH is 1. The van der Waals surface area contributed by atoms with Crippen LogP contribution in [0.2, 0.25) is 0 Å². The van der Waals surface area contributed by atoms with E-state index < -0.39 is 6.29 Å². The summed E-state index contributed by atoms with van der Waals surface area (Å²) in [4.78, 5) is 0. The van der Waals surface area contributed by atoms with Gasteiger partial charge in [0, 0.05) is 5.92 Å². The minimum atomic E-state index is -0.554. The number of hydrogen-bond donors (Lipinski definition) is 1. The van der Waals surface area contributed by atoms with Gasteiger partial charge in [-0.1, -0.05) is 27.7 Å². The van der Waals surface area contributed by atoms with Crippen LogP contribution in [0.5, 0.6) is 0 Å². The first-order valence-corrected chi connectivity index (χ1v) is 4.91. The van der Waals surface area contributed by atoms with E-state index in [9.17, 15) is 5.11 Å². The van der Waals surface area contributed by atoms with Gasteiger partial charge in [-0.25, -0.2) is 0 Å². The van der Waals surface area contributed by atoms with Crippen molar-refractivity contribution in [2.45, 2.75) is 46.5 Å². The fourth-order valence-electron chi connectivity index (χ4n) is 1.97. The second-order valence-electron chi connectivity index (χ2n) is 4.05. The average Bonchev–Trinajstić information content (AvgIpc) is 2.08. The summed E-state index contributed by atoms with van der Waals surface area (Å²) in [6.07, 6.45) is 0.683. The number of aliphatic hydroxyl groups is 1. The summed E-state index contributed by atoms with van der Waals surface area (Å²) in [5.41, 5.74) is 0. The van der Waals surface area contributed by atoms with Gasteiger partial charge in [-0.3, -0.25) is 0 Å². The summed E-state index contributed by atoms with van der Waals surface area (Å²) < 4.78 is 5.49. The first-order chi connectivity index (χ1) is 5.57. The average molecular weight is 172 g/mol. The molecule has 0 aliphatic carbocycles. The molecule has 1 heterocycles. The lowest BCUT2D eigenvalue weighted by Gasteiger charge is -2.41. The molecular weight excluding hydrogens is 152 g/mol. The predicted octanol–water partition coefficient (Wildman–Crippen LogP) is 2.02. The fourth-order valence-corrected chi connectivity index (χ4v) is 1.97. The molecule has 0 aromatic carbocycles. The summed E-state index contributed by atoms with van der Waals surface area (Å²) in [6, 6.07) is 0. The smallest absolute Gasteiger partial charge is 0.157 e. The van der Waals surface area contributed by atoms with Gasteiger partial charge in [-0.2, -0.15) is 0 Å². The Hall–Kier alpha value is -0.0800. The Balaban J connectivity index is 2.63. The van der Waals surface area contributed by atoms with E-state index in [1.807, 2.05) is 0 Å². The van der Waals surface area contributed by atoms with Crippen molar-refractivity contribution >= 4 is 0 Å². The van der Waals surface area contributed by atoms with E-state index in [-0.39, 0.29) is 12.0 Å². The van der Waals surface area contributed by atoms with Gasteiger partial charge >= 0.3 is 0 Å². The third-order valence-electron chi connectivity index (χ3n) is 3.41. The molecule has 5 atom stereocenters. The lowest BCUT2D eigenvalue weighted by atomic mass is 9.78. The normalized spacial score (nSPS) is 49.2. The summed E-state index contributed by atoms with van der Waals surface area (Å²) in [6.45, 7) is 8.57. The molecule has 1 rings (SSSR count). The largest absolute Gasteiger partial charge is 0.368 e. The monoisotopic (exact) mass is 172 g/mol. The molecule has 2 unspecified atom stereocenters. The summed E-state index contributed by atoms with van der Waals surface area (Å²) in [5.74, 6) is 1.38. The highest BCUT2D eigenvalue weighted by Crippen LogP contribution is 2.34. The van der Waals surface area contributed by atoms with E-state index in [1.54, 1.807) is 0 Å². The van der Waals surface area contributed by atoms with Gasteiger partial charge in [0.25, 0.3) is 0 Å². The standard InChI is InChI=1S/C10H20O2/c1-5-9-7(3)6(2)8(4)10(11)12-9/h6-11H,5H2,1-4H3/t6-,7-,8?,9?,10-/m0/s1. The van der Waals surface area contributed by atoms with Crippen molar-refractivity contribution in [1.29, 1.82) is 0 Å². The van der Waals surface area contributed by atoms with Crippen LogP contribution in [0.4, 0.5) is 0 Å². The van der Waals surface area contributed by atoms with Gasteiger partial charge in [-0.15, -0.1) is 0 Å². The van der Waals surface area contributed by atoms with Crippen LogP contribution in [-0.4, -0.2) is 17.5 Å². The number of hydrogen-bond acceptors (Lipinski definition) is 2. The number of rotatable bonds is 1. The molecular formula is C10H20O2. The minimum absolute atomic E-state index is 0.242. The Morgan fingerprint density at radius 3 is 2.17 bits per heavy atom. The quantitative estimate of drug-likeness (QED) is 0.655. The van der Waals surface area contributed by atoms with Crippen molar-refractivity contribution in [3.63, 3.8) is 0 Å². The molecule has 0 spiro atoms. The third kappa shape index (κ3) is 1.64. The second kappa shape index (κ2) is 3.75. The first kappa shape index (κ1) is 10.0. The van der Waals surface area contributed by atoms with Crippen molar-refractivity contribution < 1.29 is 9.84 Å². The van der Waals surface area contributed by atoms with Crippen LogP contribution < -0.4 is 0 Å². The maximum absolute atomic E-state index is 9.55. The van der Waals surface area contributed by atoms with Crippen LogP contribution in [0, 0.1) is 17.8 Å². The Labute approximate surface area is 74.9 Å². The van der Waals surface area contributed by atoms with Gasteiger partial charge < -0.3 is 9.84 Å². The van der Waals surface area contributed by atoms with Gasteiger partial charge in [0.1, 0.15) is 0 Å². The molecule has 1 aliphatic heterocycles. The van der Waals surface area contributed by atoms with E-state index in [0.29, 0.717) is 11.8 Å². The van der Waals surface area contributed by atoms with Crippen LogP contribution >= 0.6 is 0 Å². The SMILES string of the molecule is CCC1O[C@H](O)C(C)[C@@H](C)[C@@H]1C. The van der Waals surface area contributed by atoms with Crippen LogP contribution in [-0.2, 0) is 4.74 Å². The van der Waals surface area contributed by atoms with Gasteiger partial charge in [-0.05, 0) is 18.3 Å². The van der Waals surface area contributed by atoms with Crippen LogP contribution in [0.3, 0.4) is 0 Å². The highest BCUT2D eigenvalue weighted by atomic mass is 16.6. The highest BCUT2D eigenvalue weighted by molar-refractivity contribution is 4.81. The zero-order valence-corrected chi connectivity index (χ0v) is 8.45. The Kier molecular flexibility index (Phi) is 3.13. The zero-order valence-electron chi connectivity index (χ0n) is 8.45. The van der Waals surface area contributed by atoms with E-state index in [4.69, 9.17) is 4.74 Å². The maximum atomic E-state index is 9.55. The molecule has 1 aliphatic rings. The van der Waals surface area contributed by atoms with Gasteiger partial charge in [0.15, 0.2) is 6.29 Å². The summed E-state index contributed by atoms with van der Waals surface area (Å²) in [5, 5.41) is 9.55. The Bertz CT molecular complexity index is 142. The molecule has 2 nitrogen and oxygen atoms in total. The van der Waals surface area contributed by atoms with Gasteiger partial charge in [0.05, 0.1) is 6.10 Å². The van der Waals surface area contributed by atoms with Crippen molar-refractivity contribution in [1.82, 2.24) is 0 Å². The molecule has 0 amide bonds. The van der Waals surface area contributed by atoms with Crippen molar-refractivity contribution in [2.75, 3.05) is 0 Å². The Morgan fingerprint density at radius 1 is 1.08 bits per heavy atom. The molecule has 1 N–H and O–H groups in total. The van der Waals surface area contributed by atoms with E-state index in [0.717, 1.165) is 6.42 Å². The molecule has 0 radical (unpaired) electrons. The van der Waals surface area contributed by atoms with E-state index >= 15 is 0 Å². The molecule has 1 saturated heterocycles. The Morgan fingerprint density at radius 2 is 1.67 bits per heavy atom. The maximum Gasteiger partial charge on any atom is 0.157 e. The van der Waals surface area contributed by atoms with Crippen LogP contribution in [0.15, 0.2) is 0 Å². The van der Waals surface area contributed by atoms with E-state index in [1.165, 1.54) is 0 Å². The van der Waals surface area contributed by atoms with Crippen molar-refractivity contribution in [3.05, 3.63) is 0 Å². The molecule has 12 heavy (non-hydrogen) atoms. The van der Waals surface area contributed by atoms with E-state index in [2.05, 4.69) is 27.7 Å². The minimum Gasteiger partial charge on any atom is -0.368 e. The molecule has 72 valence electrons. The molecule has 0 aromatic heterocycles. The zero-order chi connectivity index (χ0) is 9.30. The van der Waals surface area contributed by atoms with Crippen molar-refractivity contribution in [3.8, 4) is 0 Å². The molecule has 0 aromatic rings. The molecule has 0 bridgehead atoms. The lowest BCUT2D eigenvalue weighted by Crippen LogP contribution is -2.44.